The van der Waals surface area contributed by atoms with Gasteiger partial charge in [-0.3, -0.25) is 0 Å². The average molecular weight is 299 g/mol. The fraction of sp³-hybridized carbons (Fsp3) is 0.600. The Labute approximate surface area is 122 Å². The topological polar surface area (TPSA) is 55.4 Å². The summed E-state index contributed by atoms with van der Waals surface area (Å²) < 4.78 is 30.2. The summed E-state index contributed by atoms with van der Waals surface area (Å²) in [5.41, 5.74) is 0. The molecule has 0 saturated heterocycles. The Morgan fingerprint density at radius 3 is 2.50 bits per heavy atom. The van der Waals surface area contributed by atoms with E-state index in [0.29, 0.717) is 5.75 Å². The maximum Gasteiger partial charge on any atom is 0.183 e. The van der Waals surface area contributed by atoms with Crippen molar-refractivity contribution in [2.45, 2.75) is 44.0 Å². The first-order valence-electron chi connectivity index (χ1n) is 7.14. The van der Waals surface area contributed by atoms with Gasteiger partial charge in [0.15, 0.2) is 9.84 Å². The fourth-order valence-electron chi connectivity index (χ4n) is 2.17. The first kappa shape index (κ1) is 17.0. The van der Waals surface area contributed by atoms with E-state index in [2.05, 4.69) is 19.2 Å². The maximum atomic E-state index is 12.5. The summed E-state index contributed by atoms with van der Waals surface area (Å²) in [6, 6.07) is 6.79. The van der Waals surface area contributed by atoms with Crippen molar-refractivity contribution in [2.75, 3.05) is 19.4 Å². The van der Waals surface area contributed by atoms with Crippen molar-refractivity contribution in [3.05, 3.63) is 24.3 Å². The Kier molecular flexibility index (Phi) is 7.02. The molecule has 0 heterocycles. The molecule has 1 aromatic carbocycles. The molecule has 0 saturated carbocycles. The van der Waals surface area contributed by atoms with Crippen molar-refractivity contribution >= 4 is 9.84 Å². The Morgan fingerprint density at radius 2 is 1.90 bits per heavy atom. The van der Waals surface area contributed by atoms with E-state index in [9.17, 15) is 8.42 Å². The number of hydrogen-bond donors (Lipinski definition) is 1. The standard InChI is InChI=1S/C15H25NO3S/c1-4-8-13(16-11-5-2)12-20(17,18)15-10-7-6-9-14(15)19-3/h6-7,9-10,13,16H,4-5,8,11-12H2,1-3H3. The lowest BCUT2D eigenvalue weighted by Crippen LogP contribution is -2.36. The van der Waals surface area contributed by atoms with Crippen molar-refractivity contribution in [2.24, 2.45) is 0 Å². The molecule has 1 aromatic rings. The molecule has 0 spiro atoms. The molecule has 114 valence electrons. The highest BCUT2D eigenvalue weighted by molar-refractivity contribution is 7.91. The van der Waals surface area contributed by atoms with Crippen LogP contribution < -0.4 is 10.1 Å². The highest BCUT2D eigenvalue weighted by Crippen LogP contribution is 2.24. The molecule has 5 heteroatoms. The summed E-state index contributed by atoms with van der Waals surface area (Å²) in [6.07, 6.45) is 2.81. The van der Waals surface area contributed by atoms with E-state index in [0.717, 1.165) is 25.8 Å². The molecule has 0 aliphatic carbocycles. The van der Waals surface area contributed by atoms with E-state index < -0.39 is 9.84 Å². The number of para-hydroxylation sites is 1. The molecule has 0 aliphatic rings. The maximum absolute atomic E-state index is 12.5. The molecule has 0 aromatic heterocycles. The summed E-state index contributed by atoms with van der Waals surface area (Å²) >= 11 is 0. The van der Waals surface area contributed by atoms with Crippen LogP contribution in [0, 0.1) is 0 Å². The predicted octanol–water partition coefficient (Wildman–Crippen LogP) is 2.64. The molecule has 20 heavy (non-hydrogen) atoms. The van der Waals surface area contributed by atoms with E-state index in [-0.39, 0.29) is 16.7 Å². The molecule has 0 radical (unpaired) electrons. The number of sulfone groups is 1. The summed E-state index contributed by atoms with van der Waals surface area (Å²) in [5, 5.41) is 3.31. The van der Waals surface area contributed by atoms with Gasteiger partial charge in [-0.15, -0.1) is 0 Å². The SMILES string of the molecule is CCCNC(CCC)CS(=O)(=O)c1ccccc1OC. The third kappa shape index (κ3) is 4.80. The van der Waals surface area contributed by atoms with Gasteiger partial charge in [-0.1, -0.05) is 32.4 Å². The molecule has 0 fully saturated rings. The molecule has 1 unspecified atom stereocenters. The lowest BCUT2D eigenvalue weighted by molar-refractivity contribution is 0.402. The van der Waals surface area contributed by atoms with Gasteiger partial charge in [0.05, 0.1) is 12.9 Å². The Hall–Kier alpha value is -1.07. The normalized spacial score (nSPS) is 13.2. The molecular formula is C15H25NO3S. The summed E-state index contributed by atoms with van der Waals surface area (Å²) in [7, 11) is -1.85. The van der Waals surface area contributed by atoms with Crippen LogP contribution in [0.2, 0.25) is 0 Å². The van der Waals surface area contributed by atoms with Crippen LogP contribution in [-0.2, 0) is 9.84 Å². The second-order valence-corrected chi connectivity index (χ2v) is 6.87. The first-order valence-corrected chi connectivity index (χ1v) is 8.79. The van der Waals surface area contributed by atoms with Crippen molar-refractivity contribution in [1.82, 2.24) is 5.32 Å². The van der Waals surface area contributed by atoms with Crippen LogP contribution in [0.25, 0.3) is 0 Å². The van der Waals surface area contributed by atoms with Gasteiger partial charge in [0, 0.05) is 6.04 Å². The zero-order chi connectivity index (χ0) is 15.0. The monoisotopic (exact) mass is 299 g/mol. The third-order valence-corrected chi connectivity index (χ3v) is 4.99. The van der Waals surface area contributed by atoms with E-state index in [1.54, 1.807) is 24.3 Å². The molecule has 4 nitrogen and oxygen atoms in total. The molecule has 1 rings (SSSR count). The van der Waals surface area contributed by atoms with Gasteiger partial charge >= 0.3 is 0 Å². The van der Waals surface area contributed by atoms with Crippen LogP contribution in [-0.4, -0.2) is 33.9 Å². The van der Waals surface area contributed by atoms with E-state index in [1.807, 2.05) is 0 Å². The van der Waals surface area contributed by atoms with E-state index >= 15 is 0 Å². The smallest absolute Gasteiger partial charge is 0.183 e. The fourth-order valence-corrected chi connectivity index (χ4v) is 3.91. The van der Waals surface area contributed by atoms with Crippen LogP contribution in [0.3, 0.4) is 0 Å². The van der Waals surface area contributed by atoms with Crippen LogP contribution in [0.4, 0.5) is 0 Å². The molecule has 0 aliphatic heterocycles. The van der Waals surface area contributed by atoms with Crippen molar-refractivity contribution in [3.8, 4) is 5.75 Å². The quantitative estimate of drug-likeness (QED) is 0.761. The second-order valence-electron chi connectivity index (χ2n) is 4.87. The molecule has 1 N–H and O–H groups in total. The van der Waals surface area contributed by atoms with Gasteiger partial charge in [0.25, 0.3) is 0 Å². The largest absolute Gasteiger partial charge is 0.495 e. The number of methoxy groups -OCH3 is 1. The van der Waals surface area contributed by atoms with Gasteiger partial charge in [-0.2, -0.15) is 0 Å². The minimum Gasteiger partial charge on any atom is -0.495 e. The predicted molar refractivity (Wildman–Crippen MR) is 82.0 cm³/mol. The first-order chi connectivity index (χ1) is 9.55. The minimum absolute atomic E-state index is 0.00476. The van der Waals surface area contributed by atoms with Gasteiger partial charge in [0.2, 0.25) is 0 Å². The van der Waals surface area contributed by atoms with Gasteiger partial charge in [0.1, 0.15) is 10.6 Å². The van der Waals surface area contributed by atoms with Crippen LogP contribution >= 0.6 is 0 Å². The lowest BCUT2D eigenvalue weighted by atomic mass is 10.2. The highest BCUT2D eigenvalue weighted by atomic mass is 32.2. The Bertz CT molecular complexity index is 500. The molecular weight excluding hydrogens is 274 g/mol. The number of nitrogens with one attached hydrogen (secondary N) is 1. The van der Waals surface area contributed by atoms with Crippen molar-refractivity contribution < 1.29 is 13.2 Å². The van der Waals surface area contributed by atoms with Crippen LogP contribution in [0.5, 0.6) is 5.75 Å². The van der Waals surface area contributed by atoms with E-state index in [4.69, 9.17) is 4.74 Å². The van der Waals surface area contributed by atoms with Crippen LogP contribution in [0.15, 0.2) is 29.2 Å². The Morgan fingerprint density at radius 1 is 1.20 bits per heavy atom. The highest BCUT2D eigenvalue weighted by Gasteiger charge is 2.23. The number of rotatable bonds is 9. The number of ether oxygens (including phenoxy) is 1. The third-order valence-electron chi connectivity index (χ3n) is 3.14. The zero-order valence-corrected chi connectivity index (χ0v) is 13.4. The minimum atomic E-state index is -3.34. The zero-order valence-electron chi connectivity index (χ0n) is 12.6. The van der Waals surface area contributed by atoms with Crippen molar-refractivity contribution in [3.63, 3.8) is 0 Å². The average Bonchev–Trinajstić information content (AvgIpc) is 2.44. The summed E-state index contributed by atoms with van der Waals surface area (Å²) in [5.74, 6) is 0.527. The summed E-state index contributed by atoms with van der Waals surface area (Å²) in [6.45, 7) is 4.98. The number of hydrogen-bond acceptors (Lipinski definition) is 4. The second kappa shape index (κ2) is 8.27. The van der Waals surface area contributed by atoms with Gasteiger partial charge < -0.3 is 10.1 Å². The number of benzene rings is 1. The van der Waals surface area contributed by atoms with Gasteiger partial charge in [-0.05, 0) is 31.5 Å². The molecule has 0 amide bonds. The lowest BCUT2D eigenvalue weighted by Gasteiger charge is -2.18. The van der Waals surface area contributed by atoms with Crippen LogP contribution in [0.1, 0.15) is 33.1 Å². The molecule has 1 atom stereocenters. The van der Waals surface area contributed by atoms with E-state index in [1.165, 1.54) is 7.11 Å². The molecule has 0 bridgehead atoms. The Balaban J connectivity index is 2.91. The van der Waals surface area contributed by atoms with Crippen molar-refractivity contribution in [1.29, 1.82) is 0 Å². The van der Waals surface area contributed by atoms with Gasteiger partial charge in [-0.25, -0.2) is 8.42 Å². The summed E-state index contributed by atoms with van der Waals surface area (Å²) in [4.78, 5) is 0.280.